The first-order valence-electron chi connectivity index (χ1n) is 6.75. The lowest BCUT2D eigenvalue weighted by Crippen LogP contribution is -2.44. The Labute approximate surface area is 114 Å². The summed E-state index contributed by atoms with van der Waals surface area (Å²) in [4.78, 5) is 11.1. The molecule has 0 heterocycles. The number of carbonyl (C=O) groups is 1. The third kappa shape index (κ3) is 5.88. The number of carbonyl (C=O) groups excluding carboxylic acids is 1. The van der Waals surface area contributed by atoms with Gasteiger partial charge in [0.15, 0.2) is 0 Å². The summed E-state index contributed by atoms with van der Waals surface area (Å²) in [5, 5.41) is 9.24. The second-order valence-electron chi connectivity index (χ2n) is 4.83. The molecule has 0 amide bonds. The van der Waals surface area contributed by atoms with Crippen LogP contribution in [0.5, 0.6) is 0 Å². The lowest BCUT2D eigenvalue weighted by atomic mass is 9.86. The van der Waals surface area contributed by atoms with E-state index in [0.717, 1.165) is 25.7 Å². The Kier molecular flexibility index (Phi) is 6.74. The van der Waals surface area contributed by atoms with E-state index in [1.165, 1.54) is 0 Å². The van der Waals surface area contributed by atoms with Crippen LogP contribution in [0.15, 0.2) is 0 Å². The van der Waals surface area contributed by atoms with E-state index in [-0.39, 0.29) is 37.3 Å². The number of ether oxygens (including phenoxy) is 1. The summed E-state index contributed by atoms with van der Waals surface area (Å²) in [7, 11) is -3.50. The van der Waals surface area contributed by atoms with Gasteiger partial charge >= 0.3 is 5.97 Å². The Morgan fingerprint density at radius 3 is 2.68 bits per heavy atom. The van der Waals surface area contributed by atoms with Gasteiger partial charge in [-0.25, -0.2) is 13.1 Å². The smallest absolute Gasteiger partial charge is 0.306 e. The van der Waals surface area contributed by atoms with Gasteiger partial charge in [0.1, 0.15) is 0 Å². The summed E-state index contributed by atoms with van der Waals surface area (Å²) < 4.78 is 31.0. The van der Waals surface area contributed by atoms with Gasteiger partial charge in [0.25, 0.3) is 0 Å². The van der Waals surface area contributed by atoms with Crippen molar-refractivity contribution in [2.45, 2.75) is 45.1 Å². The fourth-order valence-corrected chi connectivity index (χ4v) is 3.65. The minimum atomic E-state index is -3.50. The second kappa shape index (κ2) is 7.81. The van der Waals surface area contributed by atoms with E-state index in [0.29, 0.717) is 0 Å². The van der Waals surface area contributed by atoms with Gasteiger partial charge in [-0.3, -0.25) is 4.79 Å². The van der Waals surface area contributed by atoms with Crippen LogP contribution in [0.1, 0.15) is 39.0 Å². The molecule has 0 aromatic carbocycles. The Morgan fingerprint density at radius 1 is 1.37 bits per heavy atom. The van der Waals surface area contributed by atoms with Crippen molar-refractivity contribution in [1.82, 2.24) is 4.72 Å². The maximum atomic E-state index is 11.9. The molecule has 0 aromatic rings. The number of aliphatic hydroxyl groups is 1. The molecular formula is C12H23NO5S. The number of esters is 1. The molecule has 0 aromatic heterocycles. The molecule has 0 aliphatic heterocycles. The van der Waals surface area contributed by atoms with Crippen LogP contribution in [0.25, 0.3) is 0 Å². The molecule has 2 unspecified atom stereocenters. The normalized spacial score (nSPS) is 24.1. The van der Waals surface area contributed by atoms with Crippen LogP contribution in [0.2, 0.25) is 0 Å². The standard InChI is InChI=1S/C12H23NO5S/c1-2-18-12(15)7-8-19(16,17)13-11-6-4-3-5-10(11)9-14/h10-11,13-14H,2-9H2,1H3. The monoisotopic (exact) mass is 293 g/mol. The average molecular weight is 293 g/mol. The summed E-state index contributed by atoms with van der Waals surface area (Å²) in [6.07, 6.45) is 3.42. The van der Waals surface area contributed by atoms with Gasteiger partial charge in [0.2, 0.25) is 10.0 Å². The number of hydrogen-bond acceptors (Lipinski definition) is 5. The van der Waals surface area contributed by atoms with E-state index < -0.39 is 16.0 Å². The lowest BCUT2D eigenvalue weighted by molar-refractivity contribution is -0.142. The van der Waals surface area contributed by atoms with Crippen LogP contribution in [0, 0.1) is 5.92 Å². The quantitative estimate of drug-likeness (QED) is 0.663. The Bertz CT molecular complexity index is 382. The molecule has 1 saturated carbocycles. The van der Waals surface area contributed by atoms with Crippen LogP contribution in [0.4, 0.5) is 0 Å². The molecule has 1 aliphatic rings. The van der Waals surface area contributed by atoms with Crippen molar-refractivity contribution < 1.29 is 23.1 Å². The molecule has 0 saturated heterocycles. The van der Waals surface area contributed by atoms with Crippen molar-refractivity contribution in [3.8, 4) is 0 Å². The van der Waals surface area contributed by atoms with E-state index in [1.54, 1.807) is 6.92 Å². The summed E-state index contributed by atoms with van der Waals surface area (Å²) in [6.45, 7) is 1.92. The first-order chi connectivity index (χ1) is 8.98. The SMILES string of the molecule is CCOC(=O)CCS(=O)(=O)NC1CCCCC1CO. The number of hydrogen-bond donors (Lipinski definition) is 2. The zero-order valence-electron chi connectivity index (χ0n) is 11.3. The zero-order chi connectivity index (χ0) is 14.3. The summed E-state index contributed by atoms with van der Waals surface area (Å²) in [5.41, 5.74) is 0. The van der Waals surface area contributed by atoms with E-state index in [9.17, 15) is 18.3 Å². The highest BCUT2D eigenvalue weighted by Gasteiger charge is 2.28. The van der Waals surface area contributed by atoms with Crippen molar-refractivity contribution in [1.29, 1.82) is 0 Å². The fraction of sp³-hybridized carbons (Fsp3) is 0.917. The number of nitrogens with one attached hydrogen (secondary N) is 1. The molecule has 19 heavy (non-hydrogen) atoms. The molecule has 0 bridgehead atoms. The van der Waals surface area contributed by atoms with E-state index in [4.69, 9.17) is 4.74 Å². The first-order valence-corrected chi connectivity index (χ1v) is 8.40. The highest BCUT2D eigenvalue weighted by atomic mass is 32.2. The topological polar surface area (TPSA) is 92.7 Å². The van der Waals surface area contributed by atoms with E-state index in [2.05, 4.69) is 4.72 Å². The van der Waals surface area contributed by atoms with Gasteiger partial charge in [-0.2, -0.15) is 0 Å². The Balaban J connectivity index is 2.46. The van der Waals surface area contributed by atoms with Crippen LogP contribution in [0.3, 0.4) is 0 Å². The van der Waals surface area contributed by atoms with Crippen molar-refractivity contribution in [2.24, 2.45) is 5.92 Å². The molecular weight excluding hydrogens is 270 g/mol. The molecule has 112 valence electrons. The number of aliphatic hydroxyl groups excluding tert-OH is 1. The molecule has 1 fully saturated rings. The van der Waals surface area contributed by atoms with Crippen molar-refractivity contribution >= 4 is 16.0 Å². The Hall–Kier alpha value is -0.660. The first kappa shape index (κ1) is 16.4. The predicted molar refractivity (Wildman–Crippen MR) is 71.0 cm³/mol. The largest absolute Gasteiger partial charge is 0.466 e. The zero-order valence-corrected chi connectivity index (χ0v) is 12.1. The maximum Gasteiger partial charge on any atom is 0.306 e. The maximum absolute atomic E-state index is 11.9. The van der Waals surface area contributed by atoms with Gasteiger partial charge in [-0.15, -0.1) is 0 Å². The van der Waals surface area contributed by atoms with Crippen LogP contribution >= 0.6 is 0 Å². The van der Waals surface area contributed by atoms with Crippen LogP contribution < -0.4 is 4.72 Å². The fourth-order valence-electron chi connectivity index (χ4n) is 2.32. The Morgan fingerprint density at radius 2 is 2.05 bits per heavy atom. The van der Waals surface area contributed by atoms with E-state index >= 15 is 0 Å². The van der Waals surface area contributed by atoms with Crippen LogP contribution in [-0.2, 0) is 19.6 Å². The van der Waals surface area contributed by atoms with Crippen molar-refractivity contribution in [2.75, 3.05) is 19.0 Å². The van der Waals surface area contributed by atoms with Crippen molar-refractivity contribution in [3.05, 3.63) is 0 Å². The van der Waals surface area contributed by atoms with Gasteiger partial charge in [-0.1, -0.05) is 12.8 Å². The molecule has 6 nitrogen and oxygen atoms in total. The summed E-state index contributed by atoms with van der Waals surface area (Å²) in [6, 6.07) is -0.217. The highest BCUT2D eigenvalue weighted by molar-refractivity contribution is 7.89. The van der Waals surface area contributed by atoms with Gasteiger partial charge in [0.05, 0.1) is 18.8 Å². The van der Waals surface area contributed by atoms with Gasteiger partial charge in [-0.05, 0) is 25.7 Å². The van der Waals surface area contributed by atoms with Crippen molar-refractivity contribution in [3.63, 3.8) is 0 Å². The summed E-state index contributed by atoms with van der Waals surface area (Å²) >= 11 is 0. The minimum absolute atomic E-state index is 0.00887. The molecule has 0 radical (unpaired) electrons. The third-order valence-electron chi connectivity index (χ3n) is 3.35. The van der Waals surface area contributed by atoms with Gasteiger partial charge in [0, 0.05) is 12.6 Å². The highest BCUT2D eigenvalue weighted by Crippen LogP contribution is 2.24. The molecule has 1 aliphatic carbocycles. The third-order valence-corrected chi connectivity index (χ3v) is 4.76. The lowest BCUT2D eigenvalue weighted by Gasteiger charge is -2.30. The van der Waals surface area contributed by atoms with E-state index in [1.807, 2.05) is 0 Å². The molecule has 0 spiro atoms. The molecule has 7 heteroatoms. The number of rotatable bonds is 7. The second-order valence-corrected chi connectivity index (χ2v) is 6.70. The van der Waals surface area contributed by atoms with Gasteiger partial charge < -0.3 is 9.84 Å². The van der Waals surface area contributed by atoms with Crippen LogP contribution in [-0.4, -0.2) is 44.5 Å². The summed E-state index contributed by atoms with van der Waals surface area (Å²) in [5.74, 6) is -0.790. The minimum Gasteiger partial charge on any atom is -0.466 e. The molecule has 1 rings (SSSR count). The average Bonchev–Trinajstić information content (AvgIpc) is 2.37. The molecule has 2 atom stereocenters. The predicted octanol–water partition coefficient (Wildman–Crippen LogP) is 0.410. The molecule has 2 N–H and O–H groups in total. The number of sulfonamides is 1.